The fraction of sp³-hybridized carbons (Fsp3) is 1.00. The Labute approximate surface area is 121 Å². The number of rotatable bonds is 8. The molecule has 0 spiro atoms. The Morgan fingerprint density at radius 3 is 2.21 bits per heavy atom. The first-order valence-corrected chi connectivity index (χ1v) is 8.38. The summed E-state index contributed by atoms with van der Waals surface area (Å²) in [4.78, 5) is 5.16. The monoisotopic (exact) mass is 268 g/mol. The van der Waals surface area contributed by atoms with Gasteiger partial charge in [-0.1, -0.05) is 27.7 Å². The number of hydrogen-bond acceptors (Lipinski definition) is 2. The van der Waals surface area contributed by atoms with Crippen molar-refractivity contribution in [3.8, 4) is 0 Å². The highest BCUT2D eigenvalue weighted by atomic mass is 15.1. The van der Waals surface area contributed by atoms with E-state index in [1.165, 1.54) is 58.4 Å². The van der Waals surface area contributed by atoms with Gasteiger partial charge in [0.15, 0.2) is 0 Å². The lowest BCUT2D eigenvalue weighted by atomic mass is 9.88. The Morgan fingerprint density at radius 1 is 1.05 bits per heavy atom. The highest BCUT2D eigenvalue weighted by Crippen LogP contribution is 2.23. The van der Waals surface area contributed by atoms with E-state index in [0.717, 1.165) is 17.8 Å². The summed E-state index contributed by atoms with van der Waals surface area (Å²) < 4.78 is 0. The van der Waals surface area contributed by atoms with Crippen molar-refractivity contribution in [2.75, 3.05) is 39.8 Å². The van der Waals surface area contributed by atoms with Crippen LogP contribution in [0.25, 0.3) is 0 Å². The average molecular weight is 268 g/mol. The highest BCUT2D eigenvalue weighted by Gasteiger charge is 2.19. The number of piperidine rings is 1. The molecule has 0 aromatic carbocycles. The fourth-order valence-electron chi connectivity index (χ4n) is 3.39. The molecule has 0 aromatic heterocycles. The highest BCUT2D eigenvalue weighted by molar-refractivity contribution is 4.73. The van der Waals surface area contributed by atoms with Gasteiger partial charge in [0.1, 0.15) is 0 Å². The molecule has 0 aromatic rings. The van der Waals surface area contributed by atoms with Crippen LogP contribution >= 0.6 is 0 Å². The predicted molar refractivity (Wildman–Crippen MR) is 85.6 cm³/mol. The second-order valence-electron chi connectivity index (χ2n) is 7.42. The number of nitrogens with zero attached hydrogens (tertiary/aromatic N) is 2. The fourth-order valence-corrected chi connectivity index (χ4v) is 3.39. The molecule has 0 radical (unpaired) electrons. The quantitative estimate of drug-likeness (QED) is 0.662. The summed E-state index contributed by atoms with van der Waals surface area (Å²) in [6, 6.07) is 0. The van der Waals surface area contributed by atoms with Gasteiger partial charge < -0.3 is 9.80 Å². The summed E-state index contributed by atoms with van der Waals surface area (Å²) in [5.74, 6) is 2.66. The third kappa shape index (κ3) is 7.94. The summed E-state index contributed by atoms with van der Waals surface area (Å²) in [6.07, 6.45) is 5.63. The standard InChI is InChI=1S/C17H36N2/c1-15(2)13-17-7-11-19(12-8-17)10-6-9-18(5)14-16(3)4/h15-17H,6-14H2,1-5H3. The van der Waals surface area contributed by atoms with E-state index in [9.17, 15) is 0 Å². The molecule has 1 rings (SSSR count). The summed E-state index contributed by atoms with van der Waals surface area (Å²) in [5.41, 5.74) is 0. The predicted octanol–water partition coefficient (Wildman–Crippen LogP) is 3.72. The minimum Gasteiger partial charge on any atom is -0.306 e. The van der Waals surface area contributed by atoms with Crippen LogP contribution in [-0.4, -0.2) is 49.6 Å². The molecule has 1 aliphatic heterocycles. The molecule has 0 bridgehead atoms. The maximum absolute atomic E-state index is 2.68. The Morgan fingerprint density at radius 2 is 1.68 bits per heavy atom. The first kappa shape index (κ1) is 17.0. The van der Waals surface area contributed by atoms with Crippen LogP contribution in [-0.2, 0) is 0 Å². The molecule has 0 amide bonds. The minimum atomic E-state index is 0.789. The van der Waals surface area contributed by atoms with Crippen molar-refractivity contribution in [2.45, 2.75) is 53.4 Å². The van der Waals surface area contributed by atoms with E-state index in [2.05, 4.69) is 44.5 Å². The van der Waals surface area contributed by atoms with Crippen molar-refractivity contribution in [3.63, 3.8) is 0 Å². The van der Waals surface area contributed by atoms with Crippen LogP contribution in [0.15, 0.2) is 0 Å². The van der Waals surface area contributed by atoms with Crippen LogP contribution in [0.5, 0.6) is 0 Å². The van der Waals surface area contributed by atoms with E-state index < -0.39 is 0 Å². The molecule has 114 valence electrons. The van der Waals surface area contributed by atoms with Crippen LogP contribution in [0, 0.1) is 17.8 Å². The second kappa shape index (κ2) is 8.97. The molecule has 0 aliphatic carbocycles. The lowest BCUT2D eigenvalue weighted by Gasteiger charge is -2.33. The molecule has 0 N–H and O–H groups in total. The van der Waals surface area contributed by atoms with Gasteiger partial charge in [-0.25, -0.2) is 0 Å². The Bertz CT molecular complexity index is 217. The Hall–Kier alpha value is -0.0800. The van der Waals surface area contributed by atoms with Crippen molar-refractivity contribution in [3.05, 3.63) is 0 Å². The van der Waals surface area contributed by atoms with E-state index in [4.69, 9.17) is 0 Å². The summed E-state index contributed by atoms with van der Waals surface area (Å²) in [6.45, 7) is 15.8. The number of hydrogen-bond donors (Lipinski definition) is 0. The molecule has 2 nitrogen and oxygen atoms in total. The smallest absolute Gasteiger partial charge is 0.000134 e. The van der Waals surface area contributed by atoms with E-state index in [-0.39, 0.29) is 0 Å². The lowest BCUT2D eigenvalue weighted by Crippen LogP contribution is -2.36. The van der Waals surface area contributed by atoms with Gasteiger partial charge in [0.25, 0.3) is 0 Å². The van der Waals surface area contributed by atoms with Crippen LogP contribution in [0.2, 0.25) is 0 Å². The van der Waals surface area contributed by atoms with Crippen LogP contribution in [0.3, 0.4) is 0 Å². The molecular weight excluding hydrogens is 232 g/mol. The van der Waals surface area contributed by atoms with Crippen molar-refractivity contribution < 1.29 is 0 Å². The van der Waals surface area contributed by atoms with Gasteiger partial charge in [-0.15, -0.1) is 0 Å². The van der Waals surface area contributed by atoms with Crippen LogP contribution in [0.4, 0.5) is 0 Å². The van der Waals surface area contributed by atoms with Crippen molar-refractivity contribution >= 4 is 0 Å². The van der Waals surface area contributed by atoms with E-state index >= 15 is 0 Å². The first-order valence-electron chi connectivity index (χ1n) is 8.38. The van der Waals surface area contributed by atoms with Gasteiger partial charge in [-0.05, 0) is 76.7 Å². The third-order valence-electron chi connectivity index (χ3n) is 4.20. The van der Waals surface area contributed by atoms with Crippen molar-refractivity contribution in [1.29, 1.82) is 0 Å². The number of likely N-dealkylation sites (tertiary alicyclic amines) is 1. The Balaban J connectivity index is 2.06. The zero-order valence-corrected chi connectivity index (χ0v) is 14.0. The van der Waals surface area contributed by atoms with Gasteiger partial charge in [0.05, 0.1) is 0 Å². The molecule has 1 heterocycles. The molecule has 1 aliphatic rings. The molecule has 1 fully saturated rings. The molecule has 2 heteroatoms. The molecule has 0 atom stereocenters. The van der Waals surface area contributed by atoms with Gasteiger partial charge in [0, 0.05) is 6.54 Å². The SMILES string of the molecule is CC(C)CC1CCN(CCCN(C)CC(C)C)CC1. The van der Waals surface area contributed by atoms with Crippen LogP contribution in [0.1, 0.15) is 53.4 Å². The molecular formula is C17H36N2. The molecule has 0 unspecified atom stereocenters. The van der Waals surface area contributed by atoms with E-state index in [0.29, 0.717) is 0 Å². The zero-order valence-electron chi connectivity index (χ0n) is 14.0. The summed E-state index contributed by atoms with van der Waals surface area (Å²) in [5, 5.41) is 0. The summed E-state index contributed by atoms with van der Waals surface area (Å²) in [7, 11) is 2.26. The van der Waals surface area contributed by atoms with Gasteiger partial charge >= 0.3 is 0 Å². The maximum Gasteiger partial charge on any atom is 0.000134 e. The Kier molecular flexibility index (Phi) is 8.01. The third-order valence-corrected chi connectivity index (χ3v) is 4.20. The normalized spacial score (nSPS) is 18.9. The molecule has 0 saturated carbocycles. The zero-order chi connectivity index (χ0) is 14.3. The van der Waals surface area contributed by atoms with E-state index in [1.54, 1.807) is 0 Å². The summed E-state index contributed by atoms with van der Waals surface area (Å²) >= 11 is 0. The molecule has 19 heavy (non-hydrogen) atoms. The van der Waals surface area contributed by atoms with E-state index in [1.807, 2.05) is 0 Å². The topological polar surface area (TPSA) is 6.48 Å². The lowest BCUT2D eigenvalue weighted by molar-refractivity contribution is 0.162. The first-order chi connectivity index (χ1) is 8.97. The molecule has 1 saturated heterocycles. The minimum absolute atomic E-state index is 0.789. The maximum atomic E-state index is 2.68. The van der Waals surface area contributed by atoms with Gasteiger partial charge in [0.2, 0.25) is 0 Å². The van der Waals surface area contributed by atoms with Crippen LogP contribution < -0.4 is 0 Å². The van der Waals surface area contributed by atoms with Crippen molar-refractivity contribution in [1.82, 2.24) is 9.80 Å². The van der Waals surface area contributed by atoms with Crippen molar-refractivity contribution in [2.24, 2.45) is 17.8 Å². The van der Waals surface area contributed by atoms with Gasteiger partial charge in [-0.2, -0.15) is 0 Å². The largest absolute Gasteiger partial charge is 0.306 e. The average Bonchev–Trinajstić information content (AvgIpc) is 2.29. The second-order valence-corrected chi connectivity index (χ2v) is 7.42. The van der Waals surface area contributed by atoms with Gasteiger partial charge in [-0.3, -0.25) is 0 Å².